The van der Waals surface area contributed by atoms with Crippen LogP contribution in [0.25, 0.3) is 10.6 Å². The van der Waals surface area contributed by atoms with E-state index in [0.717, 1.165) is 52.0 Å². The summed E-state index contributed by atoms with van der Waals surface area (Å²) in [6.45, 7) is 8.15. The zero-order valence-electron chi connectivity index (χ0n) is 17.7. The number of anilines is 1. The van der Waals surface area contributed by atoms with E-state index in [1.165, 1.54) is 5.56 Å². The lowest BCUT2D eigenvalue weighted by molar-refractivity contribution is -0.125. The van der Waals surface area contributed by atoms with Crippen LogP contribution in [0.3, 0.4) is 0 Å². The molecular weight excluding hydrogens is 394 g/mol. The average molecular weight is 422 g/mol. The van der Waals surface area contributed by atoms with E-state index >= 15 is 0 Å². The fourth-order valence-electron chi connectivity index (χ4n) is 3.79. The van der Waals surface area contributed by atoms with E-state index in [0.29, 0.717) is 13.1 Å². The van der Waals surface area contributed by atoms with Crippen molar-refractivity contribution in [2.75, 3.05) is 18.0 Å². The maximum absolute atomic E-state index is 12.9. The minimum absolute atomic E-state index is 0.0362. The Labute approximate surface area is 181 Å². The molecule has 0 radical (unpaired) electrons. The summed E-state index contributed by atoms with van der Waals surface area (Å²) in [5.74, 6) is 0.912. The number of nitrogens with zero attached hydrogens (tertiary/aromatic N) is 4. The molecule has 1 atom stereocenters. The highest BCUT2D eigenvalue weighted by Gasteiger charge is 2.27. The SMILES string of the molecule is Cc1ccc(N2CCCC(C(=O)NCc3sc(-c4ccccc4C)nc3C)C2)nn1. The van der Waals surface area contributed by atoms with E-state index < -0.39 is 0 Å². The summed E-state index contributed by atoms with van der Waals surface area (Å²) in [5, 5.41) is 12.6. The number of aromatic nitrogens is 3. The molecule has 1 N–H and O–H groups in total. The lowest BCUT2D eigenvalue weighted by Crippen LogP contribution is -2.43. The zero-order chi connectivity index (χ0) is 21.1. The molecule has 0 aliphatic carbocycles. The van der Waals surface area contributed by atoms with Crippen LogP contribution in [0.15, 0.2) is 36.4 Å². The Bertz CT molecular complexity index is 1030. The molecule has 6 nitrogen and oxygen atoms in total. The molecule has 1 saturated heterocycles. The number of rotatable bonds is 5. The van der Waals surface area contributed by atoms with Crippen LogP contribution in [0.5, 0.6) is 0 Å². The maximum Gasteiger partial charge on any atom is 0.225 e. The van der Waals surface area contributed by atoms with E-state index in [1.807, 2.05) is 38.1 Å². The van der Waals surface area contributed by atoms with Gasteiger partial charge < -0.3 is 10.2 Å². The topological polar surface area (TPSA) is 71.0 Å². The average Bonchev–Trinajstić information content (AvgIpc) is 3.13. The minimum atomic E-state index is -0.0362. The van der Waals surface area contributed by atoms with Gasteiger partial charge in [-0.3, -0.25) is 4.79 Å². The Hall–Kier alpha value is -2.80. The monoisotopic (exact) mass is 421 g/mol. The highest BCUT2D eigenvalue weighted by molar-refractivity contribution is 7.15. The number of carbonyl (C=O) groups is 1. The van der Waals surface area contributed by atoms with Gasteiger partial charge in [0.05, 0.1) is 23.9 Å². The van der Waals surface area contributed by atoms with Gasteiger partial charge in [0.25, 0.3) is 0 Å². The summed E-state index contributed by atoms with van der Waals surface area (Å²) in [6.07, 6.45) is 1.88. The Balaban J connectivity index is 1.39. The third kappa shape index (κ3) is 4.51. The number of carbonyl (C=O) groups excluding carboxylic acids is 1. The molecule has 0 bridgehead atoms. The lowest BCUT2D eigenvalue weighted by atomic mass is 9.97. The summed E-state index contributed by atoms with van der Waals surface area (Å²) < 4.78 is 0. The van der Waals surface area contributed by atoms with Crippen LogP contribution in [0, 0.1) is 26.7 Å². The van der Waals surface area contributed by atoms with Crippen LogP contribution in [0.2, 0.25) is 0 Å². The maximum atomic E-state index is 12.9. The second-order valence-electron chi connectivity index (χ2n) is 7.88. The highest BCUT2D eigenvalue weighted by atomic mass is 32.1. The number of piperidine rings is 1. The standard InChI is InChI=1S/C23H27N5OS/c1-15-7-4-5-9-19(15)23-25-17(3)20(30-23)13-24-22(29)18-8-6-12-28(14-18)21-11-10-16(2)26-27-21/h4-5,7,9-11,18H,6,8,12-14H2,1-3H3,(H,24,29). The molecule has 1 aliphatic rings. The Morgan fingerprint density at radius 1 is 1.17 bits per heavy atom. The van der Waals surface area contributed by atoms with Crippen molar-refractivity contribution in [1.29, 1.82) is 0 Å². The number of thiazole rings is 1. The Morgan fingerprint density at radius 3 is 2.77 bits per heavy atom. The molecule has 0 saturated carbocycles. The van der Waals surface area contributed by atoms with Crippen LogP contribution in [0.1, 0.15) is 34.7 Å². The van der Waals surface area contributed by atoms with E-state index in [1.54, 1.807) is 11.3 Å². The number of benzene rings is 1. The van der Waals surface area contributed by atoms with E-state index in [4.69, 9.17) is 4.98 Å². The molecule has 1 unspecified atom stereocenters. The first-order chi connectivity index (χ1) is 14.5. The smallest absolute Gasteiger partial charge is 0.225 e. The van der Waals surface area contributed by atoms with Gasteiger partial charge in [-0.2, -0.15) is 5.10 Å². The number of amides is 1. The quantitative estimate of drug-likeness (QED) is 0.673. The summed E-state index contributed by atoms with van der Waals surface area (Å²) in [5.41, 5.74) is 4.25. The van der Waals surface area contributed by atoms with Crippen molar-refractivity contribution in [3.8, 4) is 10.6 Å². The molecule has 1 amide bonds. The number of nitrogens with one attached hydrogen (secondary N) is 1. The van der Waals surface area contributed by atoms with Crippen molar-refractivity contribution in [3.05, 3.63) is 58.2 Å². The van der Waals surface area contributed by atoms with E-state index in [2.05, 4.69) is 39.5 Å². The highest BCUT2D eigenvalue weighted by Crippen LogP contribution is 2.30. The minimum Gasteiger partial charge on any atom is -0.354 e. The summed E-state index contributed by atoms with van der Waals surface area (Å²) in [7, 11) is 0. The second kappa shape index (κ2) is 8.92. The van der Waals surface area contributed by atoms with Gasteiger partial charge in [0.2, 0.25) is 5.91 Å². The van der Waals surface area contributed by atoms with E-state index in [9.17, 15) is 4.79 Å². The predicted molar refractivity (Wildman–Crippen MR) is 121 cm³/mol. The van der Waals surface area contributed by atoms with Gasteiger partial charge in [0, 0.05) is 23.5 Å². The summed E-state index contributed by atoms with van der Waals surface area (Å²) in [6, 6.07) is 12.2. The molecule has 1 aromatic carbocycles. The molecule has 1 fully saturated rings. The third-order valence-corrected chi connectivity index (χ3v) is 6.78. The molecule has 30 heavy (non-hydrogen) atoms. The number of hydrogen-bond acceptors (Lipinski definition) is 6. The van der Waals surface area contributed by atoms with Gasteiger partial charge in [0.1, 0.15) is 5.01 Å². The van der Waals surface area contributed by atoms with Crippen molar-refractivity contribution in [3.63, 3.8) is 0 Å². The number of aryl methyl sites for hydroxylation is 3. The Kier molecular flexibility index (Phi) is 6.08. The van der Waals surface area contributed by atoms with Crippen molar-refractivity contribution >= 4 is 23.1 Å². The van der Waals surface area contributed by atoms with Gasteiger partial charge in [-0.05, 0) is 51.3 Å². The predicted octanol–water partition coefficient (Wildman–Crippen LogP) is 4.06. The molecular formula is C23H27N5OS. The second-order valence-corrected chi connectivity index (χ2v) is 8.96. The molecule has 0 spiro atoms. The van der Waals surface area contributed by atoms with E-state index in [-0.39, 0.29) is 11.8 Å². The molecule has 2 aromatic heterocycles. The molecule has 7 heteroatoms. The first kappa shape index (κ1) is 20.5. The van der Waals surface area contributed by atoms with Gasteiger partial charge >= 0.3 is 0 Å². The zero-order valence-corrected chi connectivity index (χ0v) is 18.5. The molecule has 3 heterocycles. The fourth-order valence-corrected chi connectivity index (χ4v) is 4.88. The van der Waals surface area contributed by atoms with Crippen LogP contribution < -0.4 is 10.2 Å². The molecule has 1 aliphatic heterocycles. The van der Waals surface area contributed by atoms with Crippen molar-refractivity contribution < 1.29 is 4.79 Å². The molecule has 3 aromatic rings. The summed E-state index contributed by atoms with van der Waals surface area (Å²) in [4.78, 5) is 20.9. The normalized spacial score (nSPS) is 16.5. The first-order valence-corrected chi connectivity index (χ1v) is 11.2. The lowest BCUT2D eigenvalue weighted by Gasteiger charge is -2.32. The molecule has 4 rings (SSSR count). The first-order valence-electron chi connectivity index (χ1n) is 10.4. The van der Waals surface area contributed by atoms with Gasteiger partial charge in [-0.25, -0.2) is 4.98 Å². The van der Waals surface area contributed by atoms with Crippen LogP contribution in [-0.2, 0) is 11.3 Å². The van der Waals surface area contributed by atoms with Crippen LogP contribution >= 0.6 is 11.3 Å². The van der Waals surface area contributed by atoms with Gasteiger partial charge in [-0.15, -0.1) is 16.4 Å². The van der Waals surface area contributed by atoms with Crippen molar-refractivity contribution in [2.45, 2.75) is 40.2 Å². The van der Waals surface area contributed by atoms with Crippen LogP contribution in [-0.4, -0.2) is 34.2 Å². The van der Waals surface area contributed by atoms with Gasteiger partial charge in [0.15, 0.2) is 5.82 Å². The van der Waals surface area contributed by atoms with Crippen LogP contribution in [0.4, 0.5) is 5.82 Å². The number of hydrogen-bond donors (Lipinski definition) is 1. The summed E-state index contributed by atoms with van der Waals surface area (Å²) >= 11 is 1.66. The van der Waals surface area contributed by atoms with Gasteiger partial charge in [-0.1, -0.05) is 24.3 Å². The molecule has 156 valence electrons. The third-order valence-electron chi connectivity index (χ3n) is 5.59. The fraction of sp³-hybridized carbons (Fsp3) is 0.391. The van der Waals surface area contributed by atoms with Crippen molar-refractivity contribution in [1.82, 2.24) is 20.5 Å². The Morgan fingerprint density at radius 2 is 2.00 bits per heavy atom. The largest absolute Gasteiger partial charge is 0.354 e. The van der Waals surface area contributed by atoms with Crippen molar-refractivity contribution in [2.24, 2.45) is 5.92 Å².